The van der Waals surface area contributed by atoms with Gasteiger partial charge in [-0.15, -0.1) is 0 Å². The average Bonchev–Trinajstić information content (AvgIpc) is 3.23. The zero-order valence-electron chi connectivity index (χ0n) is 15.6. The van der Waals surface area contributed by atoms with Crippen molar-refractivity contribution in [3.05, 3.63) is 76.6 Å². The van der Waals surface area contributed by atoms with Crippen LogP contribution in [-0.4, -0.2) is 27.5 Å². The number of halogens is 1. The molecule has 0 saturated heterocycles. The molecule has 29 heavy (non-hydrogen) atoms. The summed E-state index contributed by atoms with van der Waals surface area (Å²) in [6, 6.07) is 11.3. The van der Waals surface area contributed by atoms with E-state index >= 15 is 0 Å². The van der Waals surface area contributed by atoms with Crippen molar-refractivity contribution in [2.45, 2.75) is 12.8 Å². The van der Waals surface area contributed by atoms with E-state index in [1.807, 2.05) is 13.2 Å². The molecule has 0 saturated carbocycles. The van der Waals surface area contributed by atoms with Crippen LogP contribution in [0.25, 0.3) is 0 Å². The van der Waals surface area contributed by atoms with Crippen molar-refractivity contribution in [3.63, 3.8) is 0 Å². The molecule has 0 fully saturated rings. The molecule has 1 aromatic heterocycles. The number of carbonyl (C=O) groups is 3. The lowest BCUT2D eigenvalue weighted by Gasteiger charge is -2.16. The van der Waals surface area contributed by atoms with Crippen molar-refractivity contribution in [2.75, 3.05) is 10.2 Å². The fraction of sp³-hybridized carbons (Fsp3) is 0.143. The van der Waals surface area contributed by atoms with Gasteiger partial charge < -0.3 is 5.32 Å². The summed E-state index contributed by atoms with van der Waals surface area (Å²) >= 11 is 6.33. The number of amides is 3. The SMILES string of the molecule is Cn1cc(CCC(=O)Nc2ccc(N3C(=O)c4ccccc4C3=O)c(Cl)c2)cn1. The third-order valence-electron chi connectivity index (χ3n) is 4.67. The van der Waals surface area contributed by atoms with Crippen molar-refractivity contribution in [2.24, 2.45) is 7.05 Å². The van der Waals surface area contributed by atoms with Gasteiger partial charge in [0, 0.05) is 25.4 Å². The molecule has 146 valence electrons. The summed E-state index contributed by atoms with van der Waals surface area (Å²) in [4.78, 5) is 38.5. The van der Waals surface area contributed by atoms with Crippen molar-refractivity contribution >= 4 is 40.7 Å². The third-order valence-corrected chi connectivity index (χ3v) is 4.97. The minimum absolute atomic E-state index is 0.168. The maximum absolute atomic E-state index is 12.6. The van der Waals surface area contributed by atoms with E-state index < -0.39 is 11.8 Å². The van der Waals surface area contributed by atoms with Crippen molar-refractivity contribution in [3.8, 4) is 0 Å². The molecule has 0 aliphatic carbocycles. The van der Waals surface area contributed by atoms with Crippen molar-refractivity contribution in [1.82, 2.24) is 9.78 Å². The fourth-order valence-corrected chi connectivity index (χ4v) is 3.52. The zero-order chi connectivity index (χ0) is 20.5. The highest BCUT2D eigenvalue weighted by molar-refractivity contribution is 6.40. The van der Waals surface area contributed by atoms with Crippen molar-refractivity contribution in [1.29, 1.82) is 0 Å². The van der Waals surface area contributed by atoms with E-state index in [1.165, 1.54) is 6.07 Å². The van der Waals surface area contributed by atoms with Crippen LogP contribution in [0.4, 0.5) is 11.4 Å². The van der Waals surface area contributed by atoms with Crippen LogP contribution in [0.2, 0.25) is 5.02 Å². The molecule has 7 nitrogen and oxygen atoms in total. The summed E-state index contributed by atoms with van der Waals surface area (Å²) in [6.45, 7) is 0. The molecule has 0 atom stereocenters. The zero-order valence-corrected chi connectivity index (χ0v) is 16.3. The summed E-state index contributed by atoms with van der Waals surface area (Å²) in [5, 5.41) is 7.05. The van der Waals surface area contributed by atoms with Gasteiger partial charge in [0.2, 0.25) is 5.91 Å². The van der Waals surface area contributed by atoms with Gasteiger partial charge in [-0.2, -0.15) is 5.10 Å². The first-order valence-electron chi connectivity index (χ1n) is 8.99. The molecule has 2 heterocycles. The first-order chi connectivity index (χ1) is 13.9. The molecule has 3 amide bonds. The van der Waals surface area contributed by atoms with Crippen LogP contribution in [-0.2, 0) is 18.3 Å². The lowest BCUT2D eigenvalue weighted by atomic mass is 10.1. The van der Waals surface area contributed by atoms with Gasteiger partial charge in [0.25, 0.3) is 11.8 Å². The number of carbonyl (C=O) groups excluding carboxylic acids is 3. The summed E-state index contributed by atoms with van der Waals surface area (Å²) < 4.78 is 1.69. The molecule has 0 spiro atoms. The monoisotopic (exact) mass is 408 g/mol. The average molecular weight is 409 g/mol. The highest BCUT2D eigenvalue weighted by Gasteiger charge is 2.37. The van der Waals surface area contributed by atoms with Crippen LogP contribution in [0.15, 0.2) is 54.9 Å². The maximum Gasteiger partial charge on any atom is 0.266 e. The van der Waals surface area contributed by atoms with E-state index in [-0.39, 0.29) is 16.6 Å². The standard InChI is InChI=1S/C21H17ClN4O3/c1-25-12-13(11-23-25)6-9-19(27)24-14-7-8-18(17(22)10-14)26-20(28)15-4-2-3-5-16(15)21(26)29/h2-5,7-8,10-12H,6,9H2,1H3,(H,24,27). The largest absolute Gasteiger partial charge is 0.326 e. The number of anilines is 2. The van der Waals surface area contributed by atoms with Gasteiger partial charge in [0.15, 0.2) is 0 Å². The predicted octanol–water partition coefficient (Wildman–Crippen LogP) is 3.45. The Morgan fingerprint density at radius 1 is 1.10 bits per heavy atom. The van der Waals surface area contributed by atoms with Crippen LogP contribution < -0.4 is 10.2 Å². The number of nitrogens with one attached hydrogen (secondary N) is 1. The van der Waals surface area contributed by atoms with E-state index in [4.69, 9.17) is 11.6 Å². The van der Waals surface area contributed by atoms with E-state index in [9.17, 15) is 14.4 Å². The number of nitrogens with zero attached hydrogens (tertiary/aromatic N) is 3. The molecule has 2 aromatic carbocycles. The first-order valence-corrected chi connectivity index (χ1v) is 9.36. The first kappa shape index (κ1) is 18.9. The lowest BCUT2D eigenvalue weighted by Crippen LogP contribution is -2.29. The Balaban J connectivity index is 1.46. The molecule has 3 aromatic rings. The second kappa shape index (κ2) is 7.52. The summed E-state index contributed by atoms with van der Waals surface area (Å²) in [5.74, 6) is -1.00. The number of hydrogen-bond donors (Lipinski definition) is 1. The Labute approximate surface area is 171 Å². The Kier molecular flexibility index (Phi) is 4.90. The molecule has 1 aliphatic heterocycles. The fourth-order valence-electron chi connectivity index (χ4n) is 3.26. The molecule has 1 aliphatic rings. The molecule has 8 heteroatoms. The molecular formula is C21H17ClN4O3. The number of fused-ring (bicyclic) bond motifs is 1. The smallest absolute Gasteiger partial charge is 0.266 e. The van der Waals surface area contributed by atoms with Crippen LogP contribution in [0, 0.1) is 0 Å². The number of imide groups is 1. The second-order valence-electron chi connectivity index (χ2n) is 6.73. The molecule has 0 radical (unpaired) electrons. The predicted molar refractivity (Wildman–Crippen MR) is 109 cm³/mol. The van der Waals surface area contributed by atoms with Gasteiger partial charge in [0.1, 0.15) is 0 Å². The van der Waals surface area contributed by atoms with Gasteiger partial charge in [-0.25, -0.2) is 4.90 Å². The quantitative estimate of drug-likeness (QED) is 0.655. The van der Waals surface area contributed by atoms with Crippen LogP contribution in [0.3, 0.4) is 0 Å². The van der Waals surface area contributed by atoms with E-state index in [1.54, 1.807) is 47.3 Å². The lowest BCUT2D eigenvalue weighted by molar-refractivity contribution is -0.116. The number of rotatable bonds is 5. The normalized spacial score (nSPS) is 13.0. The van der Waals surface area contributed by atoms with Crippen LogP contribution in [0.1, 0.15) is 32.7 Å². The van der Waals surface area contributed by atoms with Crippen molar-refractivity contribution < 1.29 is 14.4 Å². The molecule has 0 bridgehead atoms. The van der Waals surface area contributed by atoms with E-state index in [0.717, 1.165) is 10.5 Å². The highest BCUT2D eigenvalue weighted by atomic mass is 35.5. The molecule has 1 N–H and O–H groups in total. The van der Waals surface area contributed by atoms with Crippen LogP contribution in [0.5, 0.6) is 0 Å². The number of hydrogen-bond acceptors (Lipinski definition) is 4. The number of aryl methyl sites for hydroxylation is 2. The third kappa shape index (κ3) is 3.64. The summed E-state index contributed by atoms with van der Waals surface area (Å²) in [6.07, 6.45) is 4.45. The highest BCUT2D eigenvalue weighted by Crippen LogP contribution is 2.34. The summed E-state index contributed by atoms with van der Waals surface area (Å²) in [5.41, 5.74) is 2.45. The number of aromatic nitrogens is 2. The van der Waals surface area contributed by atoms with Crippen LogP contribution >= 0.6 is 11.6 Å². The van der Waals surface area contributed by atoms with E-state index in [2.05, 4.69) is 10.4 Å². The Morgan fingerprint density at radius 2 is 1.79 bits per heavy atom. The summed E-state index contributed by atoms with van der Waals surface area (Å²) in [7, 11) is 1.82. The van der Waals surface area contributed by atoms with E-state index in [0.29, 0.717) is 29.7 Å². The second-order valence-corrected chi connectivity index (χ2v) is 7.14. The molecule has 4 rings (SSSR count). The van der Waals surface area contributed by atoms with Gasteiger partial charge in [-0.3, -0.25) is 19.1 Å². The minimum atomic E-state index is -0.416. The Hall–Kier alpha value is -3.45. The van der Waals surface area contributed by atoms with Gasteiger partial charge >= 0.3 is 0 Å². The number of benzene rings is 2. The van der Waals surface area contributed by atoms with Gasteiger partial charge in [-0.1, -0.05) is 23.7 Å². The maximum atomic E-state index is 12.6. The Bertz CT molecular complexity index is 1100. The van der Waals surface area contributed by atoms with Gasteiger partial charge in [-0.05, 0) is 42.3 Å². The molecule has 0 unspecified atom stereocenters. The topological polar surface area (TPSA) is 84.3 Å². The Morgan fingerprint density at radius 3 is 2.38 bits per heavy atom. The molecular weight excluding hydrogens is 392 g/mol. The van der Waals surface area contributed by atoms with Gasteiger partial charge in [0.05, 0.1) is 28.0 Å². The minimum Gasteiger partial charge on any atom is -0.326 e.